The second kappa shape index (κ2) is 5.66. The summed E-state index contributed by atoms with van der Waals surface area (Å²) in [4.78, 5) is 11.7. The van der Waals surface area contributed by atoms with Crippen LogP contribution in [0.3, 0.4) is 0 Å². The lowest BCUT2D eigenvalue weighted by Crippen LogP contribution is -2.18. The number of halogens is 1. The predicted octanol–water partition coefficient (Wildman–Crippen LogP) is 1.95. The number of phenolic OH excluding ortho intramolecular Hbond substituents is 1. The van der Waals surface area contributed by atoms with Gasteiger partial charge in [0.2, 0.25) is 0 Å². The van der Waals surface area contributed by atoms with E-state index in [0.717, 1.165) is 5.56 Å². The van der Waals surface area contributed by atoms with Crippen LogP contribution in [0.5, 0.6) is 5.75 Å². The smallest absolute Gasteiger partial charge is 0.290 e. The molecule has 1 aromatic carbocycles. The Labute approximate surface area is 117 Å². The normalized spacial score (nSPS) is 10.8. The number of carbonyl (C=O) groups is 1. The number of hydrazone groups is 1. The van der Waals surface area contributed by atoms with Crippen molar-refractivity contribution in [2.45, 2.75) is 6.92 Å². The zero-order valence-corrected chi connectivity index (χ0v) is 11.6. The summed E-state index contributed by atoms with van der Waals surface area (Å²) in [6.07, 6.45) is 2.86. The van der Waals surface area contributed by atoms with Crippen molar-refractivity contribution >= 4 is 28.1 Å². The molecule has 0 atom stereocenters. The largest absolute Gasteiger partial charge is 0.507 e. The molecule has 7 heteroatoms. The van der Waals surface area contributed by atoms with Crippen molar-refractivity contribution in [3.8, 4) is 5.75 Å². The quantitative estimate of drug-likeness (QED) is 0.596. The van der Waals surface area contributed by atoms with Crippen LogP contribution in [0, 0.1) is 6.92 Å². The molecule has 1 amide bonds. The lowest BCUT2D eigenvalue weighted by Gasteiger charge is -2.00. The first-order valence-electron chi connectivity index (χ1n) is 5.40. The molecule has 0 unspecified atom stereocenters. The van der Waals surface area contributed by atoms with E-state index in [1.54, 1.807) is 18.2 Å². The number of aryl methyl sites for hydroxylation is 1. The van der Waals surface area contributed by atoms with Crippen LogP contribution in [0.25, 0.3) is 0 Å². The lowest BCUT2D eigenvalue weighted by molar-refractivity contribution is 0.0949. The molecule has 0 bridgehead atoms. The maximum absolute atomic E-state index is 11.7. The molecule has 3 N–H and O–H groups in total. The molecule has 0 aliphatic rings. The summed E-state index contributed by atoms with van der Waals surface area (Å²) in [7, 11) is 0. The number of rotatable bonds is 3. The first kappa shape index (κ1) is 13.3. The Bertz CT molecular complexity index is 636. The monoisotopic (exact) mass is 322 g/mol. The average Bonchev–Trinajstić information content (AvgIpc) is 2.80. The number of nitrogens with one attached hydrogen (secondary N) is 2. The van der Waals surface area contributed by atoms with E-state index in [9.17, 15) is 9.90 Å². The van der Waals surface area contributed by atoms with Crippen molar-refractivity contribution in [3.63, 3.8) is 0 Å². The van der Waals surface area contributed by atoms with Crippen molar-refractivity contribution < 1.29 is 9.90 Å². The van der Waals surface area contributed by atoms with E-state index in [4.69, 9.17) is 0 Å². The highest BCUT2D eigenvalue weighted by atomic mass is 79.9. The van der Waals surface area contributed by atoms with Gasteiger partial charge in [0.05, 0.1) is 16.9 Å². The highest BCUT2D eigenvalue weighted by molar-refractivity contribution is 9.10. The van der Waals surface area contributed by atoms with Crippen LogP contribution in [0.15, 0.2) is 34.0 Å². The van der Waals surface area contributed by atoms with Crippen molar-refractivity contribution in [1.29, 1.82) is 0 Å². The van der Waals surface area contributed by atoms with Crippen LogP contribution in [-0.4, -0.2) is 27.4 Å². The number of benzene rings is 1. The van der Waals surface area contributed by atoms with Crippen LogP contribution in [0.4, 0.5) is 0 Å². The van der Waals surface area contributed by atoms with Gasteiger partial charge in [0.25, 0.3) is 5.91 Å². The van der Waals surface area contributed by atoms with Crippen LogP contribution < -0.4 is 5.43 Å². The minimum Gasteiger partial charge on any atom is -0.507 e. The first-order valence-corrected chi connectivity index (χ1v) is 6.19. The Morgan fingerprint density at radius 2 is 2.37 bits per heavy atom. The van der Waals surface area contributed by atoms with Crippen LogP contribution in [-0.2, 0) is 0 Å². The third-order valence-corrected chi connectivity index (χ3v) is 2.97. The Hall–Kier alpha value is -2.15. The Morgan fingerprint density at radius 1 is 1.58 bits per heavy atom. The number of hydrogen-bond donors (Lipinski definition) is 3. The Balaban J connectivity index is 2.06. The zero-order chi connectivity index (χ0) is 13.8. The van der Waals surface area contributed by atoms with Crippen LogP contribution in [0.2, 0.25) is 0 Å². The summed E-state index contributed by atoms with van der Waals surface area (Å²) in [6, 6.07) is 5.12. The number of H-pyrrole nitrogens is 1. The summed E-state index contributed by atoms with van der Waals surface area (Å²) in [5, 5.41) is 19.6. The van der Waals surface area contributed by atoms with E-state index in [1.807, 2.05) is 6.92 Å². The number of amides is 1. The third-order valence-electron chi connectivity index (χ3n) is 2.37. The molecular formula is C12H11BrN4O2. The number of phenols is 1. The number of aromatic amines is 1. The highest BCUT2D eigenvalue weighted by Gasteiger charge is 2.10. The first-order chi connectivity index (χ1) is 9.08. The summed E-state index contributed by atoms with van der Waals surface area (Å²) in [5.41, 5.74) is 4.14. The van der Waals surface area contributed by atoms with Gasteiger partial charge in [-0.05, 0) is 35.0 Å². The summed E-state index contributed by atoms with van der Waals surface area (Å²) in [5.74, 6) is -0.320. The number of carbonyl (C=O) groups excluding carboxylic acids is 1. The number of nitrogens with zero attached hydrogens (tertiary/aromatic N) is 2. The van der Waals surface area contributed by atoms with Crippen LogP contribution in [0.1, 0.15) is 21.6 Å². The molecule has 0 saturated heterocycles. The second-order valence-corrected chi connectivity index (χ2v) is 4.71. The molecule has 0 aliphatic carbocycles. The standard InChI is InChI=1S/C12H11BrN4O2/c1-7-2-3-10(18)8(4-7)5-14-17-12(19)11-9(13)6-15-16-11/h2-6,18H,1H3,(H,15,16)(H,17,19)/b14-5-. The Kier molecular flexibility index (Phi) is 3.96. The van der Waals surface area contributed by atoms with Gasteiger partial charge < -0.3 is 5.11 Å². The molecule has 2 aromatic rings. The van der Waals surface area contributed by atoms with Gasteiger partial charge in [0.1, 0.15) is 11.4 Å². The maximum atomic E-state index is 11.7. The molecule has 0 spiro atoms. The summed E-state index contributed by atoms with van der Waals surface area (Å²) >= 11 is 3.18. The minimum atomic E-state index is -0.423. The molecule has 0 radical (unpaired) electrons. The fraction of sp³-hybridized carbons (Fsp3) is 0.0833. The number of aromatic hydroxyl groups is 1. The van der Waals surface area contributed by atoms with Gasteiger partial charge in [0.15, 0.2) is 0 Å². The van der Waals surface area contributed by atoms with E-state index in [2.05, 4.69) is 36.7 Å². The fourth-order valence-corrected chi connectivity index (χ4v) is 1.80. The average molecular weight is 323 g/mol. The van der Waals surface area contributed by atoms with Crippen molar-refractivity contribution in [2.75, 3.05) is 0 Å². The molecule has 0 aliphatic heterocycles. The van der Waals surface area contributed by atoms with E-state index >= 15 is 0 Å². The molecule has 0 saturated carbocycles. The zero-order valence-electron chi connectivity index (χ0n) is 10.0. The minimum absolute atomic E-state index is 0.103. The highest BCUT2D eigenvalue weighted by Crippen LogP contribution is 2.16. The van der Waals surface area contributed by atoms with Crippen LogP contribution >= 0.6 is 15.9 Å². The van der Waals surface area contributed by atoms with Gasteiger partial charge >= 0.3 is 0 Å². The number of aromatic nitrogens is 2. The van der Waals surface area contributed by atoms with Gasteiger partial charge in [-0.3, -0.25) is 9.89 Å². The molecule has 98 valence electrons. The molecular weight excluding hydrogens is 312 g/mol. The van der Waals surface area contributed by atoms with Gasteiger partial charge in [-0.15, -0.1) is 0 Å². The molecule has 19 heavy (non-hydrogen) atoms. The SMILES string of the molecule is Cc1ccc(O)c(/C=N\NC(=O)c2[nH]ncc2Br)c1. The molecule has 1 aromatic heterocycles. The van der Waals surface area contributed by atoms with Crippen molar-refractivity contribution in [2.24, 2.45) is 5.10 Å². The van der Waals surface area contributed by atoms with Gasteiger partial charge in [0, 0.05) is 5.56 Å². The maximum Gasteiger partial charge on any atom is 0.290 e. The van der Waals surface area contributed by atoms with E-state index in [1.165, 1.54) is 12.4 Å². The van der Waals surface area contributed by atoms with Gasteiger partial charge in [-0.1, -0.05) is 11.6 Å². The summed E-state index contributed by atoms with van der Waals surface area (Å²) in [6.45, 7) is 1.90. The fourth-order valence-electron chi connectivity index (χ4n) is 1.42. The second-order valence-electron chi connectivity index (χ2n) is 3.85. The van der Waals surface area contributed by atoms with Crippen molar-refractivity contribution in [3.05, 3.63) is 45.7 Å². The topological polar surface area (TPSA) is 90.4 Å². The third kappa shape index (κ3) is 3.19. The molecule has 0 fully saturated rings. The van der Waals surface area contributed by atoms with Gasteiger partial charge in [-0.25, -0.2) is 5.43 Å². The van der Waals surface area contributed by atoms with E-state index in [0.29, 0.717) is 10.0 Å². The molecule has 1 heterocycles. The van der Waals surface area contributed by atoms with E-state index in [-0.39, 0.29) is 11.4 Å². The summed E-state index contributed by atoms with van der Waals surface area (Å²) < 4.78 is 0.554. The number of hydrogen-bond acceptors (Lipinski definition) is 4. The molecule has 2 rings (SSSR count). The van der Waals surface area contributed by atoms with Crippen molar-refractivity contribution in [1.82, 2.24) is 15.6 Å². The Morgan fingerprint density at radius 3 is 3.05 bits per heavy atom. The molecule has 6 nitrogen and oxygen atoms in total. The van der Waals surface area contributed by atoms with Gasteiger partial charge in [-0.2, -0.15) is 10.2 Å². The lowest BCUT2D eigenvalue weighted by atomic mass is 10.1. The van der Waals surface area contributed by atoms with E-state index < -0.39 is 5.91 Å². The predicted molar refractivity (Wildman–Crippen MR) is 74.2 cm³/mol.